The van der Waals surface area contributed by atoms with Crippen LogP contribution in [-0.4, -0.2) is 32.1 Å². The number of carbonyl (C=O) groups is 2. The molecule has 2 rings (SSSR count). The van der Waals surface area contributed by atoms with Gasteiger partial charge < -0.3 is 21.1 Å². The molecule has 0 aliphatic heterocycles. The summed E-state index contributed by atoms with van der Waals surface area (Å²) in [6, 6.07) is 13.4. The molecule has 2 aromatic carbocycles. The van der Waals surface area contributed by atoms with E-state index in [0.29, 0.717) is 35.7 Å². The molecule has 6 heteroatoms. The molecule has 0 spiro atoms. The highest BCUT2D eigenvalue weighted by atomic mass is 16.5. The molecule has 6 nitrogen and oxygen atoms in total. The van der Waals surface area contributed by atoms with Crippen molar-refractivity contribution in [1.29, 1.82) is 0 Å². The normalized spacial score (nSPS) is 10.1. The highest BCUT2D eigenvalue weighted by Gasteiger charge is 2.11. The molecule has 23 heavy (non-hydrogen) atoms. The van der Waals surface area contributed by atoms with E-state index in [0.717, 1.165) is 0 Å². The summed E-state index contributed by atoms with van der Waals surface area (Å²) in [5.74, 6) is -0.117. The van der Waals surface area contributed by atoms with Crippen LogP contribution in [0.4, 0.5) is 16.2 Å². The Labute approximate surface area is 134 Å². The molecule has 0 aromatic heterocycles. The van der Waals surface area contributed by atoms with Gasteiger partial charge in [-0.05, 0) is 18.2 Å². The van der Waals surface area contributed by atoms with Crippen molar-refractivity contribution in [2.45, 2.75) is 0 Å². The Morgan fingerprint density at radius 1 is 1.09 bits per heavy atom. The van der Waals surface area contributed by atoms with E-state index >= 15 is 0 Å². The van der Waals surface area contributed by atoms with Crippen LogP contribution < -0.4 is 16.4 Å². The van der Waals surface area contributed by atoms with Crippen LogP contribution in [0.2, 0.25) is 0 Å². The maximum absolute atomic E-state index is 12.3. The molecule has 0 aliphatic rings. The molecule has 4 N–H and O–H groups in total. The molecule has 0 fully saturated rings. The predicted octanol–water partition coefficient (Wildman–Crippen LogP) is 2.27. The summed E-state index contributed by atoms with van der Waals surface area (Å²) in [7, 11) is 1.56. The predicted molar refractivity (Wildman–Crippen MR) is 89.6 cm³/mol. The number of rotatable bonds is 6. The number of nitrogens with two attached hydrogens (primary N) is 1. The lowest BCUT2D eigenvalue weighted by Gasteiger charge is -2.10. The minimum atomic E-state index is -0.379. The summed E-state index contributed by atoms with van der Waals surface area (Å²) in [6.45, 7) is 0.820. The van der Waals surface area contributed by atoms with Crippen LogP contribution in [0, 0.1) is 0 Å². The topological polar surface area (TPSA) is 93.5 Å². The maximum atomic E-state index is 12.3. The molecule has 0 saturated carbocycles. The SMILES string of the molecule is COCCNC(=O)Nc1ccc(C(=O)c2ccccc2)cc1N. The first-order chi connectivity index (χ1) is 11.1. The van der Waals surface area contributed by atoms with Gasteiger partial charge in [0.1, 0.15) is 0 Å². The van der Waals surface area contributed by atoms with Crippen molar-refractivity contribution in [3.63, 3.8) is 0 Å². The Hall–Kier alpha value is -2.86. The molecule has 0 bridgehead atoms. The Balaban J connectivity index is 2.06. The summed E-state index contributed by atoms with van der Waals surface area (Å²) in [4.78, 5) is 24.0. The van der Waals surface area contributed by atoms with Crippen LogP contribution in [0.15, 0.2) is 48.5 Å². The van der Waals surface area contributed by atoms with Gasteiger partial charge in [-0.1, -0.05) is 30.3 Å². The molecule has 0 heterocycles. The summed E-state index contributed by atoms with van der Waals surface area (Å²) in [5, 5.41) is 5.26. The van der Waals surface area contributed by atoms with Crippen LogP contribution in [-0.2, 0) is 4.74 Å². The number of carbonyl (C=O) groups excluding carboxylic acids is 2. The number of ketones is 1. The zero-order valence-electron chi connectivity index (χ0n) is 12.8. The van der Waals surface area contributed by atoms with Gasteiger partial charge in [0.05, 0.1) is 18.0 Å². The highest BCUT2D eigenvalue weighted by Crippen LogP contribution is 2.21. The van der Waals surface area contributed by atoms with Crippen LogP contribution in [0.25, 0.3) is 0 Å². The van der Waals surface area contributed by atoms with Crippen molar-refractivity contribution < 1.29 is 14.3 Å². The van der Waals surface area contributed by atoms with Crippen LogP contribution >= 0.6 is 0 Å². The number of hydrogen-bond donors (Lipinski definition) is 3. The van der Waals surface area contributed by atoms with Gasteiger partial charge in [-0.3, -0.25) is 4.79 Å². The summed E-state index contributed by atoms with van der Waals surface area (Å²) < 4.78 is 4.85. The molecule has 0 unspecified atom stereocenters. The third kappa shape index (κ3) is 4.55. The van der Waals surface area contributed by atoms with E-state index < -0.39 is 0 Å². The van der Waals surface area contributed by atoms with Gasteiger partial charge in [0, 0.05) is 24.8 Å². The second-order valence-corrected chi connectivity index (χ2v) is 4.87. The number of amides is 2. The molecule has 0 aliphatic carbocycles. The van der Waals surface area contributed by atoms with E-state index in [1.165, 1.54) is 0 Å². The number of anilines is 2. The maximum Gasteiger partial charge on any atom is 0.319 e. The van der Waals surface area contributed by atoms with Crippen LogP contribution in [0.5, 0.6) is 0 Å². The summed E-state index contributed by atoms with van der Waals surface area (Å²) >= 11 is 0. The fourth-order valence-electron chi connectivity index (χ4n) is 2.01. The minimum absolute atomic E-state index is 0.117. The standard InChI is InChI=1S/C17H19N3O3/c1-23-10-9-19-17(22)20-15-8-7-13(11-14(15)18)16(21)12-5-3-2-4-6-12/h2-8,11H,9-10,18H2,1H3,(H2,19,20,22). The van der Waals surface area contributed by atoms with E-state index in [4.69, 9.17) is 10.5 Å². The molecular formula is C17H19N3O3. The van der Waals surface area contributed by atoms with Gasteiger partial charge in [-0.15, -0.1) is 0 Å². The van der Waals surface area contributed by atoms with E-state index in [9.17, 15) is 9.59 Å². The van der Waals surface area contributed by atoms with Gasteiger partial charge in [-0.25, -0.2) is 4.79 Å². The zero-order chi connectivity index (χ0) is 16.7. The molecule has 120 valence electrons. The Morgan fingerprint density at radius 2 is 1.83 bits per heavy atom. The monoisotopic (exact) mass is 313 g/mol. The molecular weight excluding hydrogens is 294 g/mol. The Bertz CT molecular complexity index is 687. The van der Waals surface area contributed by atoms with Crippen molar-refractivity contribution in [3.8, 4) is 0 Å². The van der Waals surface area contributed by atoms with Crippen LogP contribution in [0.1, 0.15) is 15.9 Å². The average Bonchev–Trinajstić information content (AvgIpc) is 2.57. The number of ether oxygens (including phenoxy) is 1. The Kier molecular flexibility index (Phi) is 5.71. The lowest BCUT2D eigenvalue weighted by molar-refractivity contribution is 0.103. The van der Waals surface area contributed by atoms with Crippen molar-refractivity contribution in [1.82, 2.24) is 5.32 Å². The van der Waals surface area contributed by atoms with E-state index in [2.05, 4.69) is 10.6 Å². The number of urea groups is 1. The third-order valence-electron chi connectivity index (χ3n) is 3.19. The lowest BCUT2D eigenvalue weighted by Crippen LogP contribution is -2.31. The van der Waals surface area contributed by atoms with Gasteiger partial charge in [0.25, 0.3) is 0 Å². The van der Waals surface area contributed by atoms with Gasteiger partial charge in [0.15, 0.2) is 5.78 Å². The first kappa shape index (κ1) is 16.5. The molecule has 0 atom stereocenters. The largest absolute Gasteiger partial charge is 0.397 e. The second-order valence-electron chi connectivity index (χ2n) is 4.87. The van der Waals surface area contributed by atoms with Crippen molar-refractivity contribution in [2.24, 2.45) is 0 Å². The third-order valence-corrected chi connectivity index (χ3v) is 3.19. The van der Waals surface area contributed by atoms with Gasteiger partial charge in [-0.2, -0.15) is 0 Å². The quantitative estimate of drug-likeness (QED) is 0.433. The minimum Gasteiger partial charge on any atom is -0.397 e. The van der Waals surface area contributed by atoms with E-state index in [-0.39, 0.29) is 11.8 Å². The Morgan fingerprint density at radius 3 is 2.48 bits per heavy atom. The second kappa shape index (κ2) is 7.95. The molecule has 2 amide bonds. The van der Waals surface area contributed by atoms with Gasteiger partial charge >= 0.3 is 6.03 Å². The molecule has 0 saturated heterocycles. The average molecular weight is 313 g/mol. The fraction of sp³-hybridized carbons (Fsp3) is 0.176. The smallest absolute Gasteiger partial charge is 0.319 e. The van der Waals surface area contributed by atoms with Gasteiger partial charge in [0.2, 0.25) is 0 Å². The number of nitrogens with one attached hydrogen (secondary N) is 2. The first-order valence-corrected chi connectivity index (χ1v) is 7.15. The summed E-state index contributed by atoms with van der Waals surface area (Å²) in [5.41, 5.74) is 7.76. The first-order valence-electron chi connectivity index (χ1n) is 7.15. The lowest BCUT2D eigenvalue weighted by atomic mass is 10.0. The number of methoxy groups -OCH3 is 1. The highest BCUT2D eigenvalue weighted by molar-refractivity contribution is 6.10. The van der Waals surface area contributed by atoms with E-state index in [1.54, 1.807) is 49.6 Å². The van der Waals surface area contributed by atoms with Crippen molar-refractivity contribution in [3.05, 3.63) is 59.7 Å². The van der Waals surface area contributed by atoms with Crippen molar-refractivity contribution >= 4 is 23.2 Å². The molecule has 0 radical (unpaired) electrons. The fourth-order valence-corrected chi connectivity index (χ4v) is 2.01. The summed E-state index contributed by atoms with van der Waals surface area (Å²) in [6.07, 6.45) is 0. The number of benzene rings is 2. The molecule has 2 aromatic rings. The zero-order valence-corrected chi connectivity index (χ0v) is 12.8. The number of nitrogen functional groups attached to an aromatic ring is 1. The van der Waals surface area contributed by atoms with Crippen LogP contribution in [0.3, 0.4) is 0 Å². The number of hydrogen-bond acceptors (Lipinski definition) is 4. The van der Waals surface area contributed by atoms with Crippen molar-refractivity contribution in [2.75, 3.05) is 31.3 Å². The van der Waals surface area contributed by atoms with E-state index in [1.807, 2.05) is 6.07 Å².